The van der Waals surface area contributed by atoms with Crippen LogP contribution < -0.4 is 16.2 Å². The fourth-order valence-corrected chi connectivity index (χ4v) is 4.18. The van der Waals surface area contributed by atoms with Gasteiger partial charge in [0.05, 0.1) is 22.3 Å². The fraction of sp³-hybridized carbons (Fsp3) is 0.0370. The van der Waals surface area contributed by atoms with Gasteiger partial charge < -0.3 is 26.4 Å². The monoisotopic (exact) mass is 452 g/mol. The molecule has 0 unspecified atom stereocenters. The van der Waals surface area contributed by atoms with E-state index in [1.54, 1.807) is 24.3 Å². The molecule has 0 atom stereocenters. The smallest absolute Gasteiger partial charge is 0.200 e. The van der Waals surface area contributed by atoms with Gasteiger partial charge in [0.2, 0.25) is 11.6 Å². The first-order chi connectivity index (χ1) is 16.4. The molecule has 0 radical (unpaired) electrons. The van der Waals surface area contributed by atoms with Crippen molar-refractivity contribution in [3.05, 3.63) is 101 Å². The number of anilines is 2. The highest BCUT2D eigenvalue weighted by molar-refractivity contribution is 6.33. The van der Waals surface area contributed by atoms with E-state index in [2.05, 4.69) is 0 Å². The summed E-state index contributed by atoms with van der Waals surface area (Å²) < 4.78 is 5.80. The highest BCUT2D eigenvalue weighted by Gasteiger charge is 2.38. The molecular weight excluding hydrogens is 432 g/mol. The Labute approximate surface area is 194 Å². The van der Waals surface area contributed by atoms with Crippen molar-refractivity contribution in [2.45, 2.75) is 6.61 Å². The Morgan fingerprint density at radius 3 is 2.06 bits per heavy atom. The van der Waals surface area contributed by atoms with Crippen LogP contribution in [0.3, 0.4) is 0 Å². The lowest BCUT2D eigenvalue weighted by Crippen LogP contribution is -2.24. The van der Waals surface area contributed by atoms with E-state index in [9.17, 15) is 19.8 Å². The van der Waals surface area contributed by atoms with E-state index in [0.29, 0.717) is 17.9 Å². The molecule has 7 heteroatoms. The number of nitrogens with two attached hydrogens (primary N) is 2. The second-order valence-electron chi connectivity index (χ2n) is 7.99. The number of phenols is 2. The summed E-state index contributed by atoms with van der Waals surface area (Å²) in [5, 5.41) is 21.2. The molecule has 1 aliphatic rings. The van der Waals surface area contributed by atoms with Gasteiger partial charge in [0.1, 0.15) is 23.9 Å². The number of aromatic hydroxyl groups is 2. The zero-order valence-corrected chi connectivity index (χ0v) is 17.9. The van der Waals surface area contributed by atoms with Crippen LogP contribution in [0.2, 0.25) is 0 Å². The number of hydrogen-bond donors (Lipinski definition) is 4. The Hall–Kier alpha value is -4.78. The first-order valence-corrected chi connectivity index (χ1v) is 10.5. The molecule has 0 bridgehead atoms. The molecule has 7 nitrogen and oxygen atoms in total. The molecular formula is C27H20N2O5. The first kappa shape index (κ1) is 21.1. The Morgan fingerprint density at radius 1 is 0.706 bits per heavy atom. The molecule has 0 heterocycles. The largest absolute Gasteiger partial charge is 0.507 e. The van der Waals surface area contributed by atoms with Gasteiger partial charge in [0.15, 0.2) is 0 Å². The minimum atomic E-state index is -0.674. The van der Waals surface area contributed by atoms with Gasteiger partial charge >= 0.3 is 0 Å². The molecule has 5 rings (SSSR count). The summed E-state index contributed by atoms with van der Waals surface area (Å²) in [5.41, 5.74) is 13.3. The van der Waals surface area contributed by atoms with Crippen LogP contribution in [0.15, 0.2) is 72.8 Å². The van der Waals surface area contributed by atoms with Crippen molar-refractivity contribution >= 4 is 22.9 Å². The number of fused-ring (bicyclic) bond motifs is 2. The number of hydrogen-bond acceptors (Lipinski definition) is 7. The fourth-order valence-electron chi connectivity index (χ4n) is 4.18. The van der Waals surface area contributed by atoms with Gasteiger partial charge in [-0.25, -0.2) is 0 Å². The van der Waals surface area contributed by atoms with Gasteiger partial charge in [-0.15, -0.1) is 0 Å². The zero-order chi connectivity index (χ0) is 24.0. The van der Waals surface area contributed by atoms with Gasteiger partial charge in [-0.1, -0.05) is 42.5 Å². The average Bonchev–Trinajstić information content (AvgIpc) is 2.84. The number of benzene rings is 4. The Morgan fingerprint density at radius 2 is 1.35 bits per heavy atom. The van der Waals surface area contributed by atoms with Crippen molar-refractivity contribution in [2.75, 3.05) is 11.5 Å². The molecule has 0 aliphatic heterocycles. The summed E-state index contributed by atoms with van der Waals surface area (Å²) in [6.45, 7) is 0.404. The van der Waals surface area contributed by atoms with Crippen molar-refractivity contribution < 1.29 is 24.5 Å². The maximum Gasteiger partial charge on any atom is 0.200 e. The van der Waals surface area contributed by atoms with Crippen LogP contribution in [0.25, 0.3) is 11.1 Å². The molecule has 6 N–H and O–H groups in total. The summed E-state index contributed by atoms with van der Waals surface area (Å²) in [6, 6.07) is 20.7. The molecule has 0 spiro atoms. The topological polar surface area (TPSA) is 136 Å². The van der Waals surface area contributed by atoms with E-state index in [-0.39, 0.29) is 50.7 Å². The Kier molecular flexibility index (Phi) is 4.94. The number of rotatable bonds is 4. The van der Waals surface area contributed by atoms with Crippen LogP contribution in [0.5, 0.6) is 17.2 Å². The minimum absolute atomic E-state index is 0.0121. The highest BCUT2D eigenvalue weighted by Crippen LogP contribution is 2.45. The molecule has 4 aromatic rings. The summed E-state index contributed by atoms with van der Waals surface area (Å²) in [4.78, 5) is 26.4. The van der Waals surface area contributed by atoms with Gasteiger partial charge in [-0.2, -0.15) is 0 Å². The summed E-state index contributed by atoms with van der Waals surface area (Å²) in [6.07, 6.45) is 0. The van der Waals surface area contributed by atoms with Crippen molar-refractivity contribution in [1.82, 2.24) is 0 Å². The van der Waals surface area contributed by atoms with E-state index >= 15 is 0 Å². The van der Waals surface area contributed by atoms with Gasteiger partial charge in [0, 0.05) is 16.9 Å². The van der Waals surface area contributed by atoms with E-state index in [4.69, 9.17) is 16.2 Å². The second kappa shape index (κ2) is 7.97. The predicted molar refractivity (Wildman–Crippen MR) is 128 cm³/mol. The molecule has 168 valence electrons. The number of carbonyl (C=O) groups is 2. The summed E-state index contributed by atoms with van der Waals surface area (Å²) >= 11 is 0. The minimum Gasteiger partial charge on any atom is -0.507 e. The van der Waals surface area contributed by atoms with Crippen molar-refractivity contribution in [3.63, 3.8) is 0 Å². The molecule has 0 aromatic heterocycles. The van der Waals surface area contributed by atoms with Crippen LogP contribution in [0.4, 0.5) is 11.4 Å². The number of ketones is 2. The van der Waals surface area contributed by atoms with Crippen LogP contribution in [-0.2, 0) is 6.61 Å². The van der Waals surface area contributed by atoms with Gasteiger partial charge in [-0.05, 0) is 41.5 Å². The SMILES string of the molecule is Nc1ccc(O)c2c1C(=O)c1c(O)c(-c3ccc(OCc4ccccc4)cc3)cc(N)c1C2=O. The third-order valence-electron chi connectivity index (χ3n) is 5.87. The van der Waals surface area contributed by atoms with Crippen LogP contribution in [0, 0.1) is 0 Å². The number of phenolic OH excluding ortho intramolecular Hbond substituents is 2. The molecule has 4 aromatic carbocycles. The van der Waals surface area contributed by atoms with Gasteiger partial charge in [-0.3, -0.25) is 9.59 Å². The predicted octanol–water partition coefficient (Wildman–Crippen LogP) is 4.28. The third-order valence-corrected chi connectivity index (χ3v) is 5.87. The van der Waals surface area contributed by atoms with Crippen LogP contribution in [0.1, 0.15) is 37.4 Å². The lowest BCUT2D eigenvalue weighted by atomic mass is 9.80. The Bertz CT molecular complexity index is 1460. The quantitative estimate of drug-likeness (QED) is 0.236. The molecule has 0 saturated carbocycles. The number of nitrogen functional groups attached to an aromatic ring is 2. The normalized spacial score (nSPS) is 12.2. The second-order valence-corrected chi connectivity index (χ2v) is 7.99. The molecule has 0 fully saturated rings. The lowest BCUT2D eigenvalue weighted by Gasteiger charge is -2.23. The summed E-state index contributed by atoms with van der Waals surface area (Å²) in [5.74, 6) is -1.47. The highest BCUT2D eigenvalue weighted by atomic mass is 16.5. The van der Waals surface area contributed by atoms with E-state index in [0.717, 1.165) is 5.56 Å². The third kappa shape index (κ3) is 3.31. The molecule has 34 heavy (non-hydrogen) atoms. The van der Waals surface area contributed by atoms with Crippen LogP contribution in [-0.4, -0.2) is 21.8 Å². The Balaban J connectivity index is 1.53. The maximum atomic E-state index is 13.3. The molecule has 1 aliphatic carbocycles. The molecule has 0 saturated heterocycles. The van der Waals surface area contributed by atoms with Crippen molar-refractivity contribution in [2.24, 2.45) is 0 Å². The molecule has 0 amide bonds. The van der Waals surface area contributed by atoms with Crippen molar-refractivity contribution in [1.29, 1.82) is 0 Å². The van der Waals surface area contributed by atoms with Crippen LogP contribution >= 0.6 is 0 Å². The van der Waals surface area contributed by atoms with E-state index in [1.807, 2.05) is 30.3 Å². The first-order valence-electron chi connectivity index (χ1n) is 10.5. The average molecular weight is 452 g/mol. The zero-order valence-electron chi connectivity index (χ0n) is 17.9. The van der Waals surface area contributed by atoms with Gasteiger partial charge in [0.25, 0.3) is 0 Å². The standard InChI is InChI=1S/C27H20N2O5/c28-18-10-11-20(30)23-21(18)27(33)24-22(26(23)32)19(29)12-17(25(24)31)15-6-8-16(9-7-15)34-13-14-4-2-1-3-5-14/h1-12,30-31H,13,28-29H2. The summed E-state index contributed by atoms with van der Waals surface area (Å²) in [7, 11) is 0. The number of ether oxygens (including phenoxy) is 1. The maximum absolute atomic E-state index is 13.3. The van der Waals surface area contributed by atoms with E-state index < -0.39 is 11.6 Å². The number of carbonyl (C=O) groups excluding carboxylic acids is 2. The van der Waals surface area contributed by atoms with Crippen molar-refractivity contribution in [3.8, 4) is 28.4 Å². The lowest BCUT2D eigenvalue weighted by molar-refractivity contribution is 0.0975. The van der Waals surface area contributed by atoms with E-state index in [1.165, 1.54) is 18.2 Å².